The van der Waals surface area contributed by atoms with Gasteiger partial charge in [-0.1, -0.05) is 97.1 Å². The minimum atomic E-state index is -4.70. The van der Waals surface area contributed by atoms with E-state index in [0.717, 1.165) is 38.6 Å². The quantitative estimate of drug-likeness (QED) is 0.161. The summed E-state index contributed by atoms with van der Waals surface area (Å²) in [4.78, 5) is 16.4. The second kappa shape index (κ2) is 10.0. The summed E-state index contributed by atoms with van der Waals surface area (Å²) in [5, 5.41) is 3.07. The maximum Gasteiger partial charge on any atom is 0.420 e. The largest absolute Gasteiger partial charge is 0.420 e. The van der Waals surface area contributed by atoms with Crippen molar-refractivity contribution in [1.29, 1.82) is 0 Å². The van der Waals surface area contributed by atoms with E-state index < -0.39 is 11.7 Å². The van der Waals surface area contributed by atoms with Crippen LogP contribution in [0.5, 0.6) is 0 Å². The van der Waals surface area contributed by atoms with Crippen LogP contribution in [0.4, 0.5) is 13.2 Å². The van der Waals surface area contributed by atoms with Gasteiger partial charge in [0.05, 0.1) is 28.3 Å². The van der Waals surface area contributed by atoms with Crippen LogP contribution in [0.15, 0.2) is 115 Å². The molecule has 8 bridgehead atoms. The van der Waals surface area contributed by atoms with Crippen molar-refractivity contribution in [3.8, 4) is 45.0 Å². The third-order valence-electron chi connectivity index (χ3n) is 8.55. The van der Waals surface area contributed by atoms with Gasteiger partial charge in [-0.3, -0.25) is 0 Å². The number of nitrogens with one attached hydrogen (secondary N) is 2. The van der Waals surface area contributed by atoms with E-state index in [1.807, 2.05) is 91.0 Å². The molecule has 220 valence electrons. The molecule has 45 heavy (non-hydrogen) atoms. The summed E-state index contributed by atoms with van der Waals surface area (Å²) >= 11 is 0. The summed E-state index contributed by atoms with van der Waals surface area (Å²) in [6.07, 6.45) is -4.70. The molecular formula is C37H21F3N4Pt. The average molecular weight is 774 g/mol. The molecule has 0 aliphatic carbocycles. The molecule has 0 saturated carbocycles. The van der Waals surface area contributed by atoms with E-state index in [2.05, 4.69) is 9.97 Å². The van der Waals surface area contributed by atoms with Gasteiger partial charge in [0.15, 0.2) is 0 Å². The predicted molar refractivity (Wildman–Crippen MR) is 170 cm³/mol. The van der Waals surface area contributed by atoms with Gasteiger partial charge in [-0.15, -0.1) is 0 Å². The van der Waals surface area contributed by atoms with Crippen molar-refractivity contribution in [1.82, 2.24) is 19.9 Å². The molecule has 0 fully saturated rings. The van der Waals surface area contributed by atoms with Crippen molar-refractivity contribution in [2.24, 2.45) is 0 Å². The van der Waals surface area contributed by atoms with Crippen molar-refractivity contribution < 1.29 is 34.2 Å². The fourth-order valence-electron chi connectivity index (χ4n) is 6.64. The van der Waals surface area contributed by atoms with Gasteiger partial charge in [0.2, 0.25) is 0 Å². The van der Waals surface area contributed by atoms with Gasteiger partial charge in [0.25, 0.3) is 0 Å². The van der Waals surface area contributed by atoms with Gasteiger partial charge in [-0.05, 0) is 18.2 Å². The first-order valence-corrected chi connectivity index (χ1v) is 14.3. The van der Waals surface area contributed by atoms with E-state index in [4.69, 9.17) is 9.97 Å². The zero-order valence-electron chi connectivity index (χ0n) is 23.3. The van der Waals surface area contributed by atoms with E-state index >= 15 is 13.2 Å². The number of aromatic nitrogens is 4. The maximum atomic E-state index is 15.3. The fraction of sp³-hybridized carbons (Fsp3) is 0.0270. The molecule has 2 N–H and O–H groups in total. The van der Waals surface area contributed by atoms with Crippen LogP contribution < -0.4 is 0 Å². The Morgan fingerprint density at radius 3 is 1.40 bits per heavy atom. The van der Waals surface area contributed by atoms with E-state index in [1.54, 1.807) is 24.3 Å². The van der Waals surface area contributed by atoms with Crippen molar-refractivity contribution >= 4 is 43.6 Å². The van der Waals surface area contributed by atoms with E-state index in [-0.39, 0.29) is 32.3 Å². The molecule has 5 heterocycles. The first-order valence-electron chi connectivity index (χ1n) is 14.3. The summed E-state index contributed by atoms with van der Waals surface area (Å²) in [7, 11) is 0. The Morgan fingerprint density at radius 2 is 0.867 bits per heavy atom. The van der Waals surface area contributed by atoms with Crippen molar-refractivity contribution in [2.75, 3.05) is 0 Å². The molecule has 9 rings (SSSR count). The van der Waals surface area contributed by atoms with Crippen LogP contribution in [0.25, 0.3) is 88.6 Å². The molecule has 0 spiro atoms. The number of halogens is 3. The number of alkyl halides is 3. The van der Waals surface area contributed by atoms with Crippen molar-refractivity contribution in [3.05, 3.63) is 121 Å². The second-order valence-electron chi connectivity index (χ2n) is 11.1. The summed E-state index contributed by atoms with van der Waals surface area (Å²) in [5.41, 5.74) is 6.12. The fourth-order valence-corrected chi connectivity index (χ4v) is 6.64. The van der Waals surface area contributed by atoms with Gasteiger partial charge in [0, 0.05) is 81.4 Å². The number of aromatic amines is 2. The van der Waals surface area contributed by atoms with E-state index in [9.17, 15) is 0 Å². The smallest absolute Gasteiger partial charge is 0.354 e. The molecular weight excluding hydrogens is 753 g/mol. The van der Waals surface area contributed by atoms with Gasteiger partial charge in [0.1, 0.15) is 5.56 Å². The third-order valence-corrected chi connectivity index (χ3v) is 8.55. The molecule has 2 aliphatic rings. The summed E-state index contributed by atoms with van der Waals surface area (Å²) < 4.78 is 45.8. The molecule has 0 amide bonds. The Bertz CT molecular complexity index is 2510. The number of nitrogens with zero attached hydrogens (tertiary/aromatic N) is 2. The number of benzene rings is 4. The Morgan fingerprint density at radius 1 is 0.467 bits per heavy atom. The van der Waals surface area contributed by atoms with Crippen LogP contribution in [-0.2, 0) is 27.2 Å². The molecule has 8 heteroatoms. The van der Waals surface area contributed by atoms with Crippen molar-refractivity contribution in [3.63, 3.8) is 0 Å². The Labute approximate surface area is 268 Å². The molecule has 0 unspecified atom stereocenters. The topological polar surface area (TPSA) is 57.4 Å². The minimum Gasteiger partial charge on any atom is -0.354 e. The SMILES string of the molecule is FC(F)(F)c1c2nc(cc3[nH]c(cc4nc(cc5[nH]c1c1ccccc51)-c1ccccc1-4)c1ccccc31)-c1ccccc1-2.[Pt]. The predicted octanol–water partition coefficient (Wildman–Crippen LogP) is 10.3. The van der Waals surface area contributed by atoms with Crippen molar-refractivity contribution in [2.45, 2.75) is 6.18 Å². The molecule has 0 atom stereocenters. The van der Waals surface area contributed by atoms with Crippen LogP contribution in [0.1, 0.15) is 5.56 Å². The van der Waals surface area contributed by atoms with Gasteiger partial charge in [-0.2, -0.15) is 13.2 Å². The van der Waals surface area contributed by atoms with Gasteiger partial charge in [-0.25, -0.2) is 9.97 Å². The zero-order chi connectivity index (χ0) is 29.6. The van der Waals surface area contributed by atoms with Crippen LogP contribution in [-0.4, -0.2) is 19.9 Å². The number of hydrogen-bond acceptors (Lipinski definition) is 2. The molecule has 2 aliphatic heterocycles. The summed E-state index contributed by atoms with van der Waals surface area (Å²) in [5.74, 6) is 0. The minimum absolute atomic E-state index is 0. The summed E-state index contributed by atoms with van der Waals surface area (Å²) in [6.45, 7) is 0. The van der Waals surface area contributed by atoms with Crippen LogP contribution >= 0.6 is 0 Å². The van der Waals surface area contributed by atoms with Gasteiger partial charge < -0.3 is 9.97 Å². The molecule has 0 radical (unpaired) electrons. The second-order valence-corrected chi connectivity index (χ2v) is 11.1. The maximum absolute atomic E-state index is 15.3. The number of H-pyrrole nitrogens is 2. The zero-order valence-corrected chi connectivity index (χ0v) is 25.6. The molecule has 4 aromatic carbocycles. The Hall–Kier alpha value is -5.00. The molecule has 3 aromatic heterocycles. The first kappa shape index (κ1) is 27.5. The van der Waals surface area contributed by atoms with Gasteiger partial charge >= 0.3 is 6.18 Å². The molecule has 7 aromatic rings. The van der Waals surface area contributed by atoms with E-state index in [1.165, 1.54) is 0 Å². The average Bonchev–Trinajstić information content (AvgIpc) is 3.76. The third kappa shape index (κ3) is 4.18. The molecule has 4 nitrogen and oxygen atoms in total. The van der Waals surface area contributed by atoms with Crippen LogP contribution in [0.2, 0.25) is 0 Å². The Balaban J connectivity index is 0.00000300. The first-order chi connectivity index (χ1) is 21.4. The van der Waals surface area contributed by atoms with Crippen LogP contribution in [0, 0.1) is 0 Å². The number of fused-ring (bicyclic) bond motifs is 20. The number of hydrogen-bond donors (Lipinski definition) is 2. The monoisotopic (exact) mass is 773 g/mol. The standard InChI is InChI=1S/C37H21F3N4.Pt/c38-37(39,40)34-35-26-15-7-5-13-24(26)32(43-35)18-30-22-11-3-1-9-20(22)28(41-30)17-29-21-10-2-4-12-23(21)31(42-29)19-33-25-14-6-8-16-27(25)36(34)44-33;/h1-19,41,44H;. The molecule has 0 saturated heterocycles. The Kier molecular flexibility index (Phi) is 6.13. The van der Waals surface area contributed by atoms with Crippen LogP contribution in [0.3, 0.4) is 0 Å². The normalized spacial score (nSPS) is 12.2. The summed E-state index contributed by atoms with van der Waals surface area (Å²) in [6, 6.07) is 35.9. The van der Waals surface area contributed by atoms with E-state index in [0.29, 0.717) is 38.8 Å². The number of rotatable bonds is 0.